The highest BCUT2D eigenvalue weighted by Gasteiger charge is 2.40. The van der Waals surface area contributed by atoms with E-state index < -0.39 is 24.7 Å². The predicted molar refractivity (Wildman–Crippen MR) is 131 cm³/mol. The van der Waals surface area contributed by atoms with Gasteiger partial charge in [-0.05, 0) is 37.0 Å². The number of benzene rings is 1. The number of fused-ring (bicyclic) bond motifs is 1. The van der Waals surface area contributed by atoms with Crippen molar-refractivity contribution in [1.82, 2.24) is 4.57 Å². The zero-order valence-corrected chi connectivity index (χ0v) is 21.9. The van der Waals surface area contributed by atoms with Gasteiger partial charge in [-0.3, -0.25) is 4.57 Å². The fourth-order valence-corrected chi connectivity index (χ4v) is 5.81. The molecule has 1 atom stereocenters. The molecule has 0 radical (unpaired) electrons. The van der Waals surface area contributed by atoms with Crippen LogP contribution in [0.15, 0.2) is 23.0 Å². The lowest BCUT2D eigenvalue weighted by Crippen LogP contribution is -2.27. The lowest BCUT2D eigenvalue weighted by Gasteiger charge is -2.25. The van der Waals surface area contributed by atoms with Crippen molar-refractivity contribution in [3.05, 3.63) is 35.0 Å². The fourth-order valence-electron chi connectivity index (χ4n) is 4.01. The van der Waals surface area contributed by atoms with E-state index in [0.29, 0.717) is 18.7 Å². The molecule has 0 fully saturated rings. The Hall–Kier alpha value is -2.45. The molecule has 1 aliphatic heterocycles. The number of rotatable bonds is 5. The van der Waals surface area contributed by atoms with Crippen LogP contribution in [0.5, 0.6) is 11.6 Å². The van der Waals surface area contributed by atoms with Crippen LogP contribution in [0.3, 0.4) is 0 Å². The molecule has 11 heteroatoms. The molecule has 0 spiro atoms. The molecule has 2 aromatic rings. The molecule has 2 heterocycles. The molecule has 0 amide bonds. The number of aromatic hydroxyl groups is 2. The molecule has 1 aliphatic rings. The monoisotopic (exact) mass is 515 g/mol. The molecule has 35 heavy (non-hydrogen) atoms. The van der Waals surface area contributed by atoms with Crippen LogP contribution in [0.2, 0.25) is 0 Å². The Balaban J connectivity index is 2.22. The van der Waals surface area contributed by atoms with Crippen LogP contribution in [0, 0.1) is 5.41 Å². The first-order chi connectivity index (χ1) is 15.9. The van der Waals surface area contributed by atoms with E-state index in [-0.39, 0.29) is 46.0 Å². The number of anilines is 1. The summed E-state index contributed by atoms with van der Waals surface area (Å²) < 4.78 is 64.7. The van der Waals surface area contributed by atoms with Crippen LogP contribution in [0.4, 0.5) is 18.9 Å². The van der Waals surface area contributed by atoms with E-state index in [9.17, 15) is 27.9 Å². The Morgan fingerprint density at radius 1 is 1.11 bits per heavy atom. The summed E-state index contributed by atoms with van der Waals surface area (Å²) in [5.41, 5.74) is -1.13. The van der Waals surface area contributed by atoms with Crippen molar-refractivity contribution in [3.8, 4) is 11.6 Å². The van der Waals surface area contributed by atoms with Gasteiger partial charge in [0, 0.05) is 12.0 Å². The number of aromatic nitrogens is 1. The number of halogens is 3. The maximum absolute atomic E-state index is 13.7. The highest BCUT2D eigenvalue weighted by molar-refractivity contribution is 7.66. The summed E-state index contributed by atoms with van der Waals surface area (Å²) in [4.78, 5) is 0. The summed E-state index contributed by atoms with van der Waals surface area (Å²) in [6, 6.07) is 2.77. The molecule has 1 aromatic heterocycles. The summed E-state index contributed by atoms with van der Waals surface area (Å²) in [7, 11) is -4.16. The van der Waals surface area contributed by atoms with Crippen LogP contribution >= 0.6 is 7.52 Å². The van der Waals surface area contributed by atoms with E-state index in [4.69, 9.17) is 4.52 Å². The summed E-state index contributed by atoms with van der Waals surface area (Å²) in [6.07, 6.45) is -3.95. The van der Waals surface area contributed by atoms with E-state index in [1.807, 2.05) is 20.8 Å². The van der Waals surface area contributed by atoms with Crippen LogP contribution in [-0.2, 0) is 27.2 Å². The van der Waals surface area contributed by atoms with Gasteiger partial charge in [-0.15, -0.1) is 0 Å². The highest BCUT2D eigenvalue weighted by atomic mass is 31.2. The Labute approximate surface area is 203 Å². The SMILES string of the molecule is CCOP1(=O)N=C(c2c(O)c(C(C)(C)C)n(CCC(C)(C)C)c2O)Nc2ccc(C(F)(F)F)cc21. The van der Waals surface area contributed by atoms with Crippen molar-refractivity contribution in [1.29, 1.82) is 0 Å². The first kappa shape index (κ1) is 27.1. The predicted octanol–water partition coefficient (Wildman–Crippen LogP) is 6.38. The van der Waals surface area contributed by atoms with Gasteiger partial charge in [-0.1, -0.05) is 41.5 Å². The lowest BCUT2D eigenvalue weighted by atomic mass is 9.89. The van der Waals surface area contributed by atoms with Gasteiger partial charge in [0.1, 0.15) is 5.56 Å². The van der Waals surface area contributed by atoms with Gasteiger partial charge < -0.3 is 24.6 Å². The Kier molecular flexibility index (Phi) is 6.89. The van der Waals surface area contributed by atoms with Crippen molar-refractivity contribution in [2.45, 2.75) is 73.0 Å². The van der Waals surface area contributed by atoms with Crippen LogP contribution in [0.1, 0.15) is 71.7 Å². The average Bonchev–Trinajstić information content (AvgIpc) is 2.94. The van der Waals surface area contributed by atoms with E-state index >= 15 is 0 Å². The number of amidine groups is 1. The number of nitrogens with zero attached hydrogens (tertiary/aromatic N) is 2. The molecule has 1 aromatic carbocycles. The van der Waals surface area contributed by atoms with Gasteiger partial charge in [-0.25, -0.2) is 0 Å². The first-order valence-electron chi connectivity index (χ1n) is 11.4. The molecule has 3 N–H and O–H groups in total. The summed E-state index contributed by atoms with van der Waals surface area (Å²) >= 11 is 0. The minimum absolute atomic E-state index is 0.0535. The van der Waals surface area contributed by atoms with Crippen LogP contribution in [0.25, 0.3) is 0 Å². The first-order valence-corrected chi connectivity index (χ1v) is 13.0. The molecule has 194 valence electrons. The molecular weight excluding hydrogens is 482 g/mol. The van der Waals surface area contributed by atoms with Crippen molar-refractivity contribution in [3.63, 3.8) is 0 Å². The maximum atomic E-state index is 13.7. The minimum Gasteiger partial charge on any atom is -0.505 e. The van der Waals surface area contributed by atoms with Crippen molar-refractivity contribution < 1.29 is 32.5 Å². The second kappa shape index (κ2) is 8.89. The van der Waals surface area contributed by atoms with E-state index in [1.165, 1.54) is 0 Å². The van der Waals surface area contributed by atoms with Gasteiger partial charge in [0.25, 0.3) is 0 Å². The van der Waals surface area contributed by atoms with E-state index in [2.05, 4.69) is 30.9 Å². The molecular formula is C24H33F3N3O4P. The maximum Gasteiger partial charge on any atom is 0.416 e. The third-order valence-corrected chi connectivity index (χ3v) is 7.71. The number of nitrogens with one attached hydrogen (secondary N) is 1. The van der Waals surface area contributed by atoms with Crippen molar-refractivity contribution in [2.24, 2.45) is 10.2 Å². The van der Waals surface area contributed by atoms with Gasteiger partial charge in [-0.2, -0.15) is 17.9 Å². The summed E-state index contributed by atoms with van der Waals surface area (Å²) in [5, 5.41) is 25.1. The van der Waals surface area contributed by atoms with Crippen molar-refractivity contribution >= 4 is 24.3 Å². The quantitative estimate of drug-likeness (QED) is 0.402. The van der Waals surface area contributed by atoms with Crippen LogP contribution < -0.4 is 10.6 Å². The summed E-state index contributed by atoms with van der Waals surface area (Å²) in [5.74, 6) is -0.654. The second-order valence-corrected chi connectivity index (χ2v) is 12.8. The Bertz CT molecular complexity index is 1200. The van der Waals surface area contributed by atoms with Crippen molar-refractivity contribution in [2.75, 3.05) is 11.9 Å². The molecule has 0 bridgehead atoms. The molecule has 0 saturated heterocycles. The molecule has 3 rings (SSSR count). The molecule has 0 saturated carbocycles. The van der Waals surface area contributed by atoms with E-state index in [1.54, 1.807) is 11.5 Å². The Morgan fingerprint density at radius 2 is 1.74 bits per heavy atom. The minimum atomic E-state index is -4.64. The van der Waals surface area contributed by atoms with Gasteiger partial charge >= 0.3 is 13.7 Å². The molecule has 1 unspecified atom stereocenters. The third kappa shape index (κ3) is 5.38. The van der Waals surface area contributed by atoms with Gasteiger partial charge in [0.05, 0.1) is 28.9 Å². The lowest BCUT2D eigenvalue weighted by molar-refractivity contribution is -0.137. The Morgan fingerprint density at radius 3 is 2.26 bits per heavy atom. The zero-order chi connectivity index (χ0) is 26.6. The van der Waals surface area contributed by atoms with Gasteiger partial charge in [0.15, 0.2) is 11.6 Å². The normalized spacial score (nSPS) is 18.7. The number of alkyl halides is 3. The highest BCUT2D eigenvalue weighted by Crippen LogP contribution is 2.54. The van der Waals surface area contributed by atoms with Gasteiger partial charge in [0.2, 0.25) is 5.88 Å². The third-order valence-electron chi connectivity index (χ3n) is 5.66. The zero-order valence-electron chi connectivity index (χ0n) is 21.0. The molecule has 0 aliphatic carbocycles. The smallest absolute Gasteiger partial charge is 0.416 e. The fraction of sp³-hybridized carbons (Fsp3) is 0.542. The number of hydrogen-bond acceptors (Lipinski definition) is 5. The largest absolute Gasteiger partial charge is 0.505 e. The summed E-state index contributed by atoms with van der Waals surface area (Å²) in [6.45, 7) is 13.7. The van der Waals surface area contributed by atoms with Crippen LogP contribution in [-0.4, -0.2) is 27.2 Å². The average molecular weight is 516 g/mol. The second-order valence-electron chi connectivity index (χ2n) is 10.8. The number of hydrogen-bond donors (Lipinski definition) is 3. The standard InChI is InChI=1S/C24H33F3N3O4P/c1-8-34-35(33)16-13-14(24(25,26)27)9-10-15(16)28-20(29-35)17-18(31)19(23(5,6)7)30(21(17)32)12-11-22(2,3)4/h9-10,13,31-32H,8,11-12H2,1-7H3,(H,28,29,33). The topological polar surface area (TPSA) is 96.1 Å². The molecule has 7 nitrogen and oxygen atoms in total. The van der Waals surface area contributed by atoms with E-state index in [0.717, 1.165) is 18.2 Å².